The predicted molar refractivity (Wildman–Crippen MR) is 466 cm³/mol. The maximum absolute atomic E-state index is 14.1. The minimum atomic E-state index is -0.995. The van der Waals surface area contributed by atoms with Gasteiger partial charge < -0.3 is 68.1 Å². The zero-order valence-electron chi connectivity index (χ0n) is 65.2. The van der Waals surface area contributed by atoms with Crippen LogP contribution in [-0.4, -0.2) is 149 Å². The Labute approximate surface area is 719 Å². The molecule has 8 aromatic rings. The van der Waals surface area contributed by atoms with E-state index in [2.05, 4.69) is 44.7 Å². The van der Waals surface area contributed by atoms with Crippen LogP contribution >= 0.6 is 98.2 Å². The number of urea groups is 2. The van der Waals surface area contributed by atoms with Gasteiger partial charge in [0.2, 0.25) is 11.5 Å². The van der Waals surface area contributed by atoms with Gasteiger partial charge in [-0.2, -0.15) is 27.0 Å². The molecule has 4 aliphatic rings. The van der Waals surface area contributed by atoms with E-state index in [1.807, 2.05) is 60.7 Å². The first-order valence-corrected chi connectivity index (χ1v) is 40.8. The average Bonchev–Trinajstić information content (AvgIpc) is 1.59. The van der Waals surface area contributed by atoms with Gasteiger partial charge in [-0.25, -0.2) is 18.4 Å². The molecule has 4 atom stereocenters. The van der Waals surface area contributed by atoms with Crippen molar-refractivity contribution in [1.82, 2.24) is 30.2 Å². The van der Waals surface area contributed by atoms with E-state index < -0.39 is 32.7 Å². The van der Waals surface area contributed by atoms with Crippen molar-refractivity contribution in [2.24, 2.45) is 0 Å². The highest BCUT2D eigenvalue weighted by Gasteiger charge is 2.49. The number of nitrogens with zero attached hydrogens (tertiary/aromatic N) is 4. The highest BCUT2D eigenvalue weighted by molar-refractivity contribution is 7.85. The number of halogens is 8. The summed E-state index contributed by atoms with van der Waals surface area (Å²) in [5.41, 5.74) is 7.52. The minimum absolute atomic E-state index is 0. The molecule has 0 bridgehead atoms. The molecule has 2 spiro atoms. The second-order valence-electron chi connectivity index (χ2n) is 28.2. The number of piperidine rings is 2. The highest BCUT2D eigenvalue weighted by atomic mass is 35.5. The Morgan fingerprint density at radius 3 is 1.11 bits per heavy atom. The van der Waals surface area contributed by atoms with Gasteiger partial charge in [0.1, 0.15) is 11.6 Å². The second-order valence-corrected chi connectivity index (χ2v) is 33.4. The normalized spacial score (nSPS) is 16.7. The SMILES string of the molecule is COc1cc(COC[C@](CCCN2CCC3(CC2)c2ccccc2CS3=O)(c2ccc(Cl)c(Cl)c2)N(C)C(=O)NCc2ccc(F)cc2)cc(OC)c1OC.COc1cc(COC[C@](CCCN2CCC3(CC2)c2ccccc2CS3=O)(c2ccc(Cl)c(Cl)c2)N(C)C(=O)NCc2ccc(F)cc2)cc(OC)c1OC.Cl.Cl.S.S. The molecule has 12 rings (SSSR count). The number of nitrogens with one attached hydrogen (secondary N) is 2. The lowest BCUT2D eigenvalue weighted by Gasteiger charge is -2.43. The van der Waals surface area contributed by atoms with Crippen molar-refractivity contribution in [1.29, 1.82) is 0 Å². The summed E-state index contributed by atoms with van der Waals surface area (Å²) in [4.78, 5) is 36.4. The van der Waals surface area contributed by atoms with E-state index in [9.17, 15) is 26.8 Å². The highest BCUT2D eigenvalue weighted by Crippen LogP contribution is 2.50. The van der Waals surface area contributed by atoms with E-state index >= 15 is 0 Å². The van der Waals surface area contributed by atoms with Crippen LogP contribution in [0.2, 0.25) is 20.1 Å². The van der Waals surface area contributed by atoms with Crippen molar-refractivity contribution in [3.63, 3.8) is 0 Å². The molecule has 0 radical (unpaired) electrons. The number of likely N-dealkylation sites (tertiary alicyclic amines) is 2. The van der Waals surface area contributed by atoms with Crippen LogP contribution in [0.1, 0.15) is 107 Å². The monoisotopic (exact) mass is 1760 g/mol. The number of rotatable bonds is 30. The summed E-state index contributed by atoms with van der Waals surface area (Å²) in [6, 6.07) is 46.2. The molecule has 114 heavy (non-hydrogen) atoms. The average molecular weight is 1770 g/mol. The smallest absolute Gasteiger partial charge is 0.318 e. The van der Waals surface area contributed by atoms with E-state index in [0.717, 1.165) is 111 Å². The lowest BCUT2D eigenvalue weighted by molar-refractivity contribution is 0.00241. The molecule has 2 fully saturated rings. The standard InChI is InChI=1S/2C42H48Cl2FN3O6S.2ClH.2H2S/c2*1-47(40(49)46-25-29-10-13-33(45)14-11-29)41(32-12-15-35(43)36(44)24-32,28-54-26-30-22-37(51-2)39(53-4)38(23-30)52-3)16-7-19-48-20-17-42(18-21-48)34-9-6-5-8-31(34)27-55(42)50;;;;/h2*5-6,8-15,22-24H,7,16-21,25-28H2,1-4H3,(H,46,49);2*1H;2*1H2/t2*41-,55?;;;;/m11..../s1. The van der Waals surface area contributed by atoms with Crippen LogP contribution in [0.15, 0.2) is 158 Å². The Morgan fingerprint density at radius 2 is 0.798 bits per heavy atom. The first-order valence-electron chi connectivity index (χ1n) is 36.6. The Kier molecular flexibility index (Phi) is 36.0. The van der Waals surface area contributed by atoms with Crippen LogP contribution in [0.25, 0.3) is 0 Å². The molecule has 2 unspecified atom stereocenters. The number of methoxy groups -OCH3 is 6. The third-order valence-corrected chi connectivity index (χ3v) is 27.7. The zero-order valence-corrected chi connectivity index (χ0v) is 73.4. The molecule has 0 saturated carbocycles. The number of carbonyl (C=O) groups excluding carboxylic acids is 2. The Hall–Kier alpha value is -6.46. The maximum Gasteiger partial charge on any atom is 0.318 e. The summed E-state index contributed by atoms with van der Waals surface area (Å²) in [6.07, 6.45) is 5.81. The number of fused-ring (bicyclic) bond motifs is 4. The molecule has 2 saturated heterocycles. The first-order chi connectivity index (χ1) is 53.1. The van der Waals surface area contributed by atoms with Gasteiger partial charge >= 0.3 is 12.1 Å². The maximum atomic E-state index is 14.1. The van der Waals surface area contributed by atoms with Crippen LogP contribution in [0.3, 0.4) is 0 Å². The van der Waals surface area contributed by atoms with Gasteiger partial charge in [0.15, 0.2) is 23.0 Å². The molecule has 0 aromatic heterocycles. The molecule has 4 heterocycles. The van der Waals surface area contributed by atoms with Crippen molar-refractivity contribution in [3.8, 4) is 34.5 Å². The Morgan fingerprint density at radius 1 is 0.465 bits per heavy atom. The van der Waals surface area contributed by atoms with E-state index in [4.69, 9.17) is 84.3 Å². The Bertz CT molecular complexity index is 4240. The van der Waals surface area contributed by atoms with Gasteiger partial charge in [0.25, 0.3) is 0 Å². The fourth-order valence-electron chi connectivity index (χ4n) is 15.8. The molecule has 620 valence electrons. The quantitative estimate of drug-likeness (QED) is 0.0434. The lowest BCUT2D eigenvalue weighted by Crippen LogP contribution is -2.54. The summed E-state index contributed by atoms with van der Waals surface area (Å²) in [5.74, 6) is 3.50. The van der Waals surface area contributed by atoms with E-state index in [1.165, 1.54) is 46.5 Å². The van der Waals surface area contributed by atoms with Crippen LogP contribution in [0.4, 0.5) is 18.4 Å². The Balaban J connectivity index is 0.000000305. The van der Waals surface area contributed by atoms with Crippen LogP contribution in [-0.2, 0) is 89.5 Å². The van der Waals surface area contributed by atoms with Crippen LogP contribution in [0, 0.1) is 11.6 Å². The molecular weight excluding hydrogens is 1660 g/mol. The third-order valence-electron chi connectivity index (χ3n) is 22.1. The summed E-state index contributed by atoms with van der Waals surface area (Å²) < 4.78 is 100.0. The van der Waals surface area contributed by atoms with Crippen molar-refractivity contribution in [2.75, 3.05) is 109 Å². The lowest BCUT2D eigenvalue weighted by atomic mass is 9.83. The topological polar surface area (TPSA) is 179 Å². The van der Waals surface area contributed by atoms with Crippen molar-refractivity contribution < 1.29 is 64.7 Å². The number of benzene rings is 8. The summed E-state index contributed by atoms with van der Waals surface area (Å²) in [7, 11) is 11.0. The molecule has 30 heteroatoms. The van der Waals surface area contributed by atoms with Gasteiger partial charge in [0.05, 0.1) is 110 Å². The summed E-state index contributed by atoms with van der Waals surface area (Å²) >= 11 is 26.1. The number of hydrogen-bond acceptors (Lipinski definition) is 14. The zero-order chi connectivity index (χ0) is 78.3. The molecule has 2 N–H and O–H groups in total. The summed E-state index contributed by atoms with van der Waals surface area (Å²) in [5, 5.41) is 7.54. The van der Waals surface area contributed by atoms with Crippen molar-refractivity contribution in [3.05, 3.63) is 245 Å². The number of carbonyl (C=O) groups is 2. The van der Waals surface area contributed by atoms with Crippen LogP contribution in [0.5, 0.6) is 34.5 Å². The van der Waals surface area contributed by atoms with Crippen LogP contribution < -0.4 is 39.1 Å². The fourth-order valence-corrected chi connectivity index (χ4v) is 20.2. The van der Waals surface area contributed by atoms with E-state index in [1.54, 1.807) is 115 Å². The minimum Gasteiger partial charge on any atom is -0.493 e. The second kappa shape index (κ2) is 43.3. The van der Waals surface area contributed by atoms with E-state index in [-0.39, 0.29) is 125 Å². The van der Waals surface area contributed by atoms with Gasteiger partial charge in [-0.05, 0) is 219 Å². The molecule has 4 aliphatic heterocycles. The fraction of sp³-hybridized carbons (Fsp3) is 0.405. The number of likely N-dealkylation sites (N-methyl/N-ethyl adjacent to an activating group) is 2. The van der Waals surface area contributed by atoms with Crippen molar-refractivity contribution in [2.45, 2.75) is 110 Å². The first kappa shape index (κ1) is 94.7. The number of ether oxygens (including phenoxy) is 8. The third kappa shape index (κ3) is 21.5. The van der Waals surface area contributed by atoms with Gasteiger partial charge in [-0.15, -0.1) is 24.8 Å². The number of hydrogen-bond donors (Lipinski definition) is 2. The largest absolute Gasteiger partial charge is 0.493 e. The van der Waals surface area contributed by atoms with Gasteiger partial charge in [-0.1, -0.05) is 131 Å². The molecule has 0 aliphatic carbocycles. The molecular formula is C84H102Cl6F2N6O12S4. The van der Waals surface area contributed by atoms with Gasteiger partial charge in [0, 0.05) is 60.3 Å². The molecule has 8 aromatic carbocycles. The van der Waals surface area contributed by atoms with Crippen molar-refractivity contribution >= 4 is 132 Å². The van der Waals surface area contributed by atoms with Gasteiger partial charge in [-0.3, -0.25) is 8.42 Å². The summed E-state index contributed by atoms with van der Waals surface area (Å²) in [6.45, 7) is 5.82. The number of amides is 4. The van der Waals surface area contributed by atoms with E-state index in [0.29, 0.717) is 78.9 Å². The molecule has 4 amide bonds. The predicted octanol–water partition coefficient (Wildman–Crippen LogP) is 18.0. The molecule has 18 nitrogen and oxygen atoms in total.